The van der Waals surface area contributed by atoms with E-state index in [1.807, 2.05) is 26.2 Å². The van der Waals surface area contributed by atoms with Crippen LogP contribution in [-0.2, 0) is 11.3 Å². The Balaban J connectivity index is 2.21. The van der Waals surface area contributed by atoms with Gasteiger partial charge in [0.2, 0.25) is 0 Å². The van der Waals surface area contributed by atoms with Crippen LogP contribution in [0, 0.1) is 18.3 Å². The Kier molecular flexibility index (Phi) is 4.87. The lowest BCUT2D eigenvalue weighted by Crippen LogP contribution is -2.37. The number of piperidine rings is 1. The van der Waals surface area contributed by atoms with Gasteiger partial charge in [0.05, 0.1) is 5.92 Å². The first kappa shape index (κ1) is 15.4. The average Bonchev–Trinajstić information content (AvgIpc) is 2.47. The molecule has 1 aliphatic rings. The van der Waals surface area contributed by atoms with Crippen molar-refractivity contribution in [2.24, 2.45) is 5.92 Å². The summed E-state index contributed by atoms with van der Waals surface area (Å²) in [5, 5.41) is 9.10. The fourth-order valence-corrected chi connectivity index (χ4v) is 2.79. The zero-order valence-corrected chi connectivity index (χ0v) is 12.7. The van der Waals surface area contributed by atoms with Gasteiger partial charge in [-0.05, 0) is 44.6 Å². The zero-order valence-electron chi connectivity index (χ0n) is 12.7. The highest BCUT2D eigenvalue weighted by Gasteiger charge is 2.25. The Morgan fingerprint density at radius 2 is 2.10 bits per heavy atom. The van der Waals surface area contributed by atoms with E-state index >= 15 is 0 Å². The summed E-state index contributed by atoms with van der Waals surface area (Å²) in [6.07, 6.45) is 6.89. The van der Waals surface area contributed by atoms with Crippen molar-refractivity contribution >= 4 is 11.7 Å². The van der Waals surface area contributed by atoms with Crippen molar-refractivity contribution in [1.82, 2.24) is 4.90 Å². The first-order valence-corrected chi connectivity index (χ1v) is 7.23. The molecular weight excluding hydrogens is 264 g/mol. The van der Waals surface area contributed by atoms with Crippen LogP contribution < -0.4 is 4.90 Å². The van der Waals surface area contributed by atoms with Crippen LogP contribution in [0.15, 0.2) is 18.2 Å². The van der Waals surface area contributed by atoms with Crippen molar-refractivity contribution in [3.05, 3.63) is 29.3 Å². The minimum absolute atomic E-state index is 0.214. The highest BCUT2D eigenvalue weighted by molar-refractivity contribution is 5.70. The molecule has 0 atom stereocenters. The van der Waals surface area contributed by atoms with E-state index in [0.717, 1.165) is 30.9 Å². The molecule has 0 bridgehead atoms. The summed E-state index contributed by atoms with van der Waals surface area (Å²) in [5.41, 5.74) is 3.24. The number of carboxylic acid groups (broad SMARTS) is 1. The minimum Gasteiger partial charge on any atom is -0.481 e. The van der Waals surface area contributed by atoms with Gasteiger partial charge in [-0.1, -0.05) is 12.0 Å². The largest absolute Gasteiger partial charge is 0.481 e. The fraction of sp³-hybridized carbons (Fsp3) is 0.471. The molecule has 4 heteroatoms. The third kappa shape index (κ3) is 3.77. The lowest BCUT2D eigenvalue weighted by atomic mass is 9.95. The van der Waals surface area contributed by atoms with E-state index in [-0.39, 0.29) is 5.92 Å². The number of carbonyl (C=O) groups is 1. The minimum atomic E-state index is -0.680. The van der Waals surface area contributed by atoms with E-state index in [1.165, 1.54) is 5.56 Å². The number of aliphatic carboxylic acids is 1. The maximum absolute atomic E-state index is 11.1. The van der Waals surface area contributed by atoms with Crippen molar-refractivity contribution in [2.75, 3.05) is 32.1 Å². The van der Waals surface area contributed by atoms with Crippen molar-refractivity contribution in [3.63, 3.8) is 0 Å². The van der Waals surface area contributed by atoms with Gasteiger partial charge in [-0.25, -0.2) is 0 Å². The van der Waals surface area contributed by atoms with E-state index in [2.05, 4.69) is 21.8 Å². The molecule has 21 heavy (non-hydrogen) atoms. The molecule has 1 aromatic carbocycles. The Bertz CT molecular complexity index is 552. The molecular formula is C17H22N2O2. The van der Waals surface area contributed by atoms with E-state index in [1.54, 1.807) is 0 Å². The summed E-state index contributed by atoms with van der Waals surface area (Å²) in [7, 11) is 4.07. The third-order valence-corrected chi connectivity index (χ3v) is 3.92. The molecule has 2 rings (SSSR count). The van der Waals surface area contributed by atoms with Gasteiger partial charge >= 0.3 is 5.97 Å². The second-order valence-electron chi connectivity index (χ2n) is 5.83. The van der Waals surface area contributed by atoms with Gasteiger partial charge < -0.3 is 14.9 Å². The predicted molar refractivity (Wildman–Crippen MR) is 84.3 cm³/mol. The number of anilines is 1. The molecule has 0 aliphatic carbocycles. The van der Waals surface area contributed by atoms with Gasteiger partial charge in [-0.2, -0.15) is 0 Å². The quantitative estimate of drug-likeness (QED) is 0.860. The van der Waals surface area contributed by atoms with E-state index in [0.29, 0.717) is 12.8 Å². The van der Waals surface area contributed by atoms with Crippen LogP contribution in [0.5, 0.6) is 0 Å². The number of terminal acetylenes is 1. The molecule has 0 spiro atoms. The van der Waals surface area contributed by atoms with Gasteiger partial charge in [0.15, 0.2) is 0 Å². The average molecular weight is 286 g/mol. The Hall–Kier alpha value is -1.99. The van der Waals surface area contributed by atoms with Crippen LogP contribution >= 0.6 is 0 Å². The van der Waals surface area contributed by atoms with Gasteiger partial charge in [-0.15, -0.1) is 6.42 Å². The fourth-order valence-electron chi connectivity index (χ4n) is 2.79. The molecule has 0 amide bonds. The van der Waals surface area contributed by atoms with Crippen molar-refractivity contribution in [2.45, 2.75) is 19.4 Å². The van der Waals surface area contributed by atoms with Crippen LogP contribution in [-0.4, -0.2) is 43.2 Å². The van der Waals surface area contributed by atoms with E-state index in [9.17, 15) is 4.79 Å². The Morgan fingerprint density at radius 1 is 1.43 bits per heavy atom. The normalized spacial score (nSPS) is 16.0. The summed E-state index contributed by atoms with van der Waals surface area (Å²) < 4.78 is 0. The standard InChI is InChI=1S/C17H22N2O2/c1-4-13-5-6-15(12-18(2)3)16(11-13)19-9-7-14(8-10-19)17(20)21/h1,5-6,11,14H,7-10,12H2,2-3H3,(H,20,21). The predicted octanol–water partition coefficient (Wildman–Crippen LogP) is 2.03. The molecule has 0 saturated carbocycles. The highest BCUT2D eigenvalue weighted by Crippen LogP contribution is 2.28. The molecule has 0 radical (unpaired) electrons. The number of hydrogen-bond donors (Lipinski definition) is 1. The van der Waals surface area contributed by atoms with Gasteiger partial charge in [0, 0.05) is 30.9 Å². The monoisotopic (exact) mass is 286 g/mol. The second-order valence-corrected chi connectivity index (χ2v) is 5.83. The van der Waals surface area contributed by atoms with Gasteiger partial charge in [0.25, 0.3) is 0 Å². The first-order valence-electron chi connectivity index (χ1n) is 7.23. The topological polar surface area (TPSA) is 43.8 Å². The van der Waals surface area contributed by atoms with E-state index < -0.39 is 5.97 Å². The van der Waals surface area contributed by atoms with Crippen LogP contribution in [0.3, 0.4) is 0 Å². The Morgan fingerprint density at radius 3 is 2.62 bits per heavy atom. The molecule has 1 fully saturated rings. The summed E-state index contributed by atoms with van der Waals surface area (Å²) >= 11 is 0. The van der Waals surface area contributed by atoms with Crippen LogP contribution in [0.2, 0.25) is 0 Å². The summed E-state index contributed by atoms with van der Waals surface area (Å²) in [5.74, 6) is 1.79. The SMILES string of the molecule is C#Cc1ccc(CN(C)C)c(N2CCC(C(=O)O)CC2)c1. The summed E-state index contributed by atoms with van der Waals surface area (Å²) in [4.78, 5) is 15.4. The maximum Gasteiger partial charge on any atom is 0.306 e. The van der Waals surface area contributed by atoms with E-state index in [4.69, 9.17) is 11.5 Å². The highest BCUT2D eigenvalue weighted by atomic mass is 16.4. The van der Waals surface area contributed by atoms with Gasteiger partial charge in [0.1, 0.15) is 0 Å². The number of hydrogen-bond acceptors (Lipinski definition) is 3. The molecule has 1 N–H and O–H groups in total. The third-order valence-electron chi connectivity index (χ3n) is 3.92. The number of benzene rings is 1. The molecule has 1 heterocycles. The molecule has 1 aliphatic heterocycles. The molecule has 1 saturated heterocycles. The summed E-state index contributed by atoms with van der Waals surface area (Å²) in [6.45, 7) is 2.38. The number of rotatable bonds is 4. The van der Waals surface area contributed by atoms with Crippen molar-refractivity contribution in [1.29, 1.82) is 0 Å². The molecule has 1 aromatic rings. The first-order chi connectivity index (χ1) is 10.0. The van der Waals surface area contributed by atoms with Crippen LogP contribution in [0.25, 0.3) is 0 Å². The number of nitrogens with zero attached hydrogens (tertiary/aromatic N) is 2. The Labute approximate surface area is 126 Å². The molecule has 4 nitrogen and oxygen atoms in total. The molecule has 0 unspecified atom stereocenters. The molecule has 0 aromatic heterocycles. The zero-order chi connectivity index (χ0) is 15.4. The van der Waals surface area contributed by atoms with Crippen molar-refractivity contribution < 1.29 is 9.90 Å². The smallest absolute Gasteiger partial charge is 0.306 e. The number of carboxylic acids is 1. The summed E-state index contributed by atoms with van der Waals surface area (Å²) in [6, 6.07) is 6.08. The van der Waals surface area contributed by atoms with Crippen LogP contribution in [0.1, 0.15) is 24.0 Å². The maximum atomic E-state index is 11.1. The van der Waals surface area contributed by atoms with Gasteiger partial charge in [-0.3, -0.25) is 4.79 Å². The lowest BCUT2D eigenvalue weighted by molar-refractivity contribution is -0.142. The van der Waals surface area contributed by atoms with Crippen molar-refractivity contribution in [3.8, 4) is 12.3 Å². The lowest BCUT2D eigenvalue weighted by Gasteiger charge is -2.34. The molecule has 112 valence electrons. The van der Waals surface area contributed by atoms with Crippen LogP contribution in [0.4, 0.5) is 5.69 Å². The second kappa shape index (κ2) is 6.64.